The minimum atomic E-state index is 0.0117. The number of amides is 1. The van der Waals surface area contributed by atoms with Crippen molar-refractivity contribution in [1.82, 2.24) is 14.9 Å². The minimum absolute atomic E-state index is 0.0117. The Hall–Kier alpha value is -2.43. The van der Waals surface area contributed by atoms with Crippen LogP contribution in [0.15, 0.2) is 30.3 Å². The van der Waals surface area contributed by atoms with Crippen molar-refractivity contribution in [3.05, 3.63) is 47.4 Å². The third-order valence-corrected chi connectivity index (χ3v) is 4.80. The lowest BCUT2D eigenvalue weighted by Crippen LogP contribution is -2.32. The van der Waals surface area contributed by atoms with E-state index < -0.39 is 0 Å². The molecular weight excluding hydrogens is 324 g/mol. The van der Waals surface area contributed by atoms with Crippen molar-refractivity contribution in [2.45, 2.75) is 52.4 Å². The first-order valence-electron chi connectivity index (χ1n) is 9.55. The largest absolute Gasteiger partial charge is 0.340 e. The van der Waals surface area contributed by atoms with Crippen molar-refractivity contribution in [3.8, 4) is 0 Å². The van der Waals surface area contributed by atoms with Gasteiger partial charge in [0.15, 0.2) is 0 Å². The Morgan fingerprint density at radius 2 is 1.77 bits per heavy atom. The predicted molar refractivity (Wildman–Crippen MR) is 105 cm³/mol. The third-order valence-electron chi connectivity index (χ3n) is 4.80. The number of likely N-dealkylation sites (tertiary alicyclic amines) is 1. The molecule has 2 heterocycles. The summed E-state index contributed by atoms with van der Waals surface area (Å²) in [6, 6.07) is 9.98. The molecule has 138 valence electrons. The van der Waals surface area contributed by atoms with E-state index in [4.69, 9.17) is 0 Å². The quantitative estimate of drug-likeness (QED) is 0.869. The first-order chi connectivity index (χ1) is 12.5. The van der Waals surface area contributed by atoms with E-state index in [0.29, 0.717) is 23.3 Å². The molecule has 3 rings (SSSR count). The van der Waals surface area contributed by atoms with Gasteiger partial charge in [-0.3, -0.25) is 4.79 Å². The van der Waals surface area contributed by atoms with Crippen molar-refractivity contribution in [3.63, 3.8) is 0 Å². The van der Waals surface area contributed by atoms with E-state index in [1.54, 1.807) is 6.07 Å². The number of para-hydroxylation sites is 1. The number of hydrogen-bond donors (Lipinski definition) is 1. The highest BCUT2D eigenvalue weighted by molar-refractivity contribution is 5.93. The summed E-state index contributed by atoms with van der Waals surface area (Å²) in [5.41, 5.74) is 2.72. The predicted octanol–water partition coefficient (Wildman–Crippen LogP) is 4.67. The summed E-state index contributed by atoms with van der Waals surface area (Å²) >= 11 is 0. The van der Waals surface area contributed by atoms with E-state index in [2.05, 4.69) is 35.2 Å². The molecule has 0 aliphatic carbocycles. The van der Waals surface area contributed by atoms with E-state index in [1.807, 2.05) is 30.0 Å². The Morgan fingerprint density at radius 1 is 1.08 bits per heavy atom. The average Bonchev–Trinajstić information content (AvgIpc) is 2.90. The van der Waals surface area contributed by atoms with Crippen LogP contribution >= 0.6 is 0 Å². The lowest BCUT2D eigenvalue weighted by molar-refractivity contribution is 0.0755. The van der Waals surface area contributed by atoms with Gasteiger partial charge in [-0.25, -0.2) is 9.97 Å². The van der Waals surface area contributed by atoms with Crippen molar-refractivity contribution in [2.75, 3.05) is 18.4 Å². The van der Waals surface area contributed by atoms with Gasteiger partial charge in [0.1, 0.15) is 17.3 Å². The van der Waals surface area contributed by atoms with Crippen LogP contribution in [-0.2, 0) is 0 Å². The first kappa shape index (κ1) is 18.4. The summed E-state index contributed by atoms with van der Waals surface area (Å²) in [6.07, 6.45) is 4.54. The molecule has 1 amide bonds. The Bertz CT molecular complexity index is 764. The van der Waals surface area contributed by atoms with Gasteiger partial charge < -0.3 is 10.2 Å². The van der Waals surface area contributed by atoms with Gasteiger partial charge in [0.2, 0.25) is 0 Å². The number of carbonyl (C=O) groups is 1. The smallest absolute Gasteiger partial charge is 0.272 e. The second-order valence-corrected chi connectivity index (χ2v) is 7.26. The number of nitrogens with zero attached hydrogens (tertiary/aromatic N) is 3. The van der Waals surface area contributed by atoms with Crippen LogP contribution in [0.3, 0.4) is 0 Å². The highest BCUT2D eigenvalue weighted by Gasteiger charge is 2.20. The Balaban J connectivity index is 1.85. The maximum atomic E-state index is 12.9. The Labute approximate surface area is 155 Å². The van der Waals surface area contributed by atoms with Crippen molar-refractivity contribution < 1.29 is 4.79 Å². The van der Waals surface area contributed by atoms with Crippen LogP contribution in [0.1, 0.15) is 67.3 Å². The lowest BCUT2D eigenvalue weighted by Gasteiger charge is -2.20. The highest BCUT2D eigenvalue weighted by Crippen LogP contribution is 2.26. The molecule has 5 heteroatoms. The van der Waals surface area contributed by atoms with Crippen LogP contribution in [0.4, 0.5) is 11.5 Å². The van der Waals surface area contributed by atoms with Crippen molar-refractivity contribution in [1.29, 1.82) is 0 Å². The first-order valence-corrected chi connectivity index (χ1v) is 9.55. The molecule has 2 aromatic rings. The van der Waals surface area contributed by atoms with E-state index >= 15 is 0 Å². The molecule has 1 aliphatic rings. The fourth-order valence-electron chi connectivity index (χ4n) is 3.43. The van der Waals surface area contributed by atoms with Crippen LogP contribution in [-0.4, -0.2) is 33.9 Å². The molecule has 0 radical (unpaired) electrons. The molecule has 5 nitrogen and oxygen atoms in total. The molecule has 1 aromatic carbocycles. The van der Waals surface area contributed by atoms with Crippen LogP contribution in [0, 0.1) is 6.92 Å². The van der Waals surface area contributed by atoms with Gasteiger partial charge in [-0.15, -0.1) is 0 Å². The SMILES string of the molecule is Cc1nc(Nc2ccccc2C(C)C)cc(C(=O)N2CCCCCC2)n1. The van der Waals surface area contributed by atoms with Gasteiger partial charge in [-0.2, -0.15) is 0 Å². The number of benzene rings is 1. The number of nitrogens with one attached hydrogen (secondary N) is 1. The topological polar surface area (TPSA) is 58.1 Å². The van der Waals surface area contributed by atoms with Crippen molar-refractivity contribution in [2.24, 2.45) is 0 Å². The van der Waals surface area contributed by atoms with Gasteiger partial charge in [-0.05, 0) is 37.3 Å². The molecule has 1 N–H and O–H groups in total. The second-order valence-electron chi connectivity index (χ2n) is 7.26. The summed E-state index contributed by atoms with van der Waals surface area (Å²) < 4.78 is 0. The molecule has 26 heavy (non-hydrogen) atoms. The molecule has 0 bridgehead atoms. The molecule has 1 saturated heterocycles. The van der Waals surface area contributed by atoms with Crippen LogP contribution in [0.5, 0.6) is 0 Å². The van der Waals surface area contributed by atoms with Crippen molar-refractivity contribution >= 4 is 17.4 Å². The molecule has 0 atom stereocenters. The standard InChI is InChI=1S/C21H28N4O/c1-15(2)17-10-6-7-11-18(17)24-20-14-19(22-16(3)23-20)21(26)25-12-8-4-5-9-13-25/h6-7,10-11,14-15H,4-5,8-9,12-13H2,1-3H3,(H,22,23,24). The van der Waals surface area contributed by atoms with E-state index in [9.17, 15) is 4.79 Å². The van der Waals surface area contributed by atoms with Crippen LogP contribution in [0.2, 0.25) is 0 Å². The number of carbonyl (C=O) groups excluding carboxylic acids is 1. The average molecular weight is 352 g/mol. The second kappa shape index (κ2) is 8.30. The minimum Gasteiger partial charge on any atom is -0.340 e. The Kier molecular flexibility index (Phi) is 5.86. The summed E-state index contributed by atoms with van der Waals surface area (Å²) in [4.78, 5) is 23.7. The lowest BCUT2D eigenvalue weighted by atomic mass is 10.0. The number of aromatic nitrogens is 2. The summed E-state index contributed by atoms with van der Waals surface area (Å²) in [6.45, 7) is 7.81. The summed E-state index contributed by atoms with van der Waals surface area (Å²) in [7, 11) is 0. The number of rotatable bonds is 4. The van der Waals surface area contributed by atoms with E-state index in [0.717, 1.165) is 31.6 Å². The summed E-state index contributed by atoms with van der Waals surface area (Å²) in [5.74, 6) is 1.69. The normalized spacial score (nSPS) is 15.0. The molecule has 0 saturated carbocycles. The van der Waals surface area contributed by atoms with E-state index in [1.165, 1.54) is 18.4 Å². The zero-order valence-electron chi connectivity index (χ0n) is 16.0. The fourth-order valence-corrected chi connectivity index (χ4v) is 3.43. The van der Waals surface area contributed by atoms with Gasteiger partial charge in [0, 0.05) is 24.8 Å². The third kappa shape index (κ3) is 4.40. The van der Waals surface area contributed by atoms with E-state index in [-0.39, 0.29) is 5.91 Å². The monoisotopic (exact) mass is 352 g/mol. The van der Waals surface area contributed by atoms with Gasteiger partial charge >= 0.3 is 0 Å². The molecular formula is C21H28N4O. The number of aryl methyl sites for hydroxylation is 1. The number of hydrogen-bond acceptors (Lipinski definition) is 4. The van der Waals surface area contributed by atoms with Crippen LogP contribution in [0.25, 0.3) is 0 Å². The maximum Gasteiger partial charge on any atom is 0.272 e. The highest BCUT2D eigenvalue weighted by atomic mass is 16.2. The molecule has 0 unspecified atom stereocenters. The molecule has 0 spiro atoms. The Morgan fingerprint density at radius 3 is 2.46 bits per heavy atom. The fraction of sp³-hybridized carbons (Fsp3) is 0.476. The molecule has 1 aromatic heterocycles. The van der Waals surface area contributed by atoms with Crippen LogP contribution < -0.4 is 5.32 Å². The number of anilines is 2. The molecule has 1 fully saturated rings. The zero-order valence-corrected chi connectivity index (χ0v) is 16.0. The summed E-state index contributed by atoms with van der Waals surface area (Å²) in [5, 5.41) is 3.38. The maximum absolute atomic E-state index is 12.9. The zero-order chi connectivity index (χ0) is 18.5. The molecule has 1 aliphatic heterocycles. The van der Waals surface area contributed by atoms with Gasteiger partial charge in [0.05, 0.1) is 0 Å². The van der Waals surface area contributed by atoms with Gasteiger partial charge in [-0.1, -0.05) is 44.9 Å². The van der Waals surface area contributed by atoms with Gasteiger partial charge in [0.25, 0.3) is 5.91 Å².